The van der Waals surface area contributed by atoms with E-state index < -0.39 is 0 Å². The second kappa shape index (κ2) is 7.31. The van der Waals surface area contributed by atoms with E-state index in [-0.39, 0.29) is 22.0 Å². The Kier molecular flexibility index (Phi) is 4.63. The molecule has 1 fully saturated rings. The van der Waals surface area contributed by atoms with E-state index >= 15 is 0 Å². The van der Waals surface area contributed by atoms with Crippen LogP contribution in [0.2, 0.25) is 0 Å². The first-order valence-corrected chi connectivity index (χ1v) is 11.6. The number of ether oxygens (including phenoxy) is 1. The van der Waals surface area contributed by atoms with Gasteiger partial charge in [0, 0.05) is 21.2 Å². The van der Waals surface area contributed by atoms with Crippen molar-refractivity contribution in [1.29, 1.82) is 0 Å². The fourth-order valence-electron chi connectivity index (χ4n) is 4.53. The molecule has 29 heavy (non-hydrogen) atoms. The van der Waals surface area contributed by atoms with Crippen LogP contribution in [0.5, 0.6) is 0 Å². The first kappa shape index (κ1) is 18.4. The lowest BCUT2D eigenvalue weighted by atomic mass is 9.86. The van der Waals surface area contributed by atoms with Crippen molar-refractivity contribution in [3.63, 3.8) is 0 Å². The SMILES string of the molecule is CC1(OC(=O)c2ccc3c(c2)c2ccccc2[s+]3-c2ccccc2)CCCCC1. The second-order valence-corrected chi connectivity index (χ2v) is 10.2. The van der Waals surface area contributed by atoms with Gasteiger partial charge in [0.1, 0.15) is 5.60 Å². The van der Waals surface area contributed by atoms with Gasteiger partial charge in [-0.15, -0.1) is 0 Å². The van der Waals surface area contributed by atoms with Crippen molar-refractivity contribution in [2.45, 2.75) is 44.6 Å². The lowest BCUT2D eigenvalue weighted by molar-refractivity contribution is -0.0269. The number of hydrogen-bond donors (Lipinski definition) is 0. The van der Waals surface area contributed by atoms with Gasteiger partial charge < -0.3 is 4.74 Å². The highest BCUT2D eigenvalue weighted by Gasteiger charge is 2.32. The molecule has 0 spiro atoms. The molecule has 4 aromatic rings. The molecule has 1 aliphatic carbocycles. The maximum absolute atomic E-state index is 13.0. The zero-order valence-corrected chi connectivity index (χ0v) is 17.5. The van der Waals surface area contributed by atoms with Crippen LogP contribution >= 0.6 is 10.5 Å². The Labute approximate surface area is 174 Å². The standard InChI is InChI=1S/C26H25O2S/c1-26(16-8-3-9-17-26)28-25(27)19-14-15-24-22(18-19)21-12-6-7-13-23(21)29(24)20-10-4-2-5-11-20/h2,4-7,10-15,18H,3,8-9,16-17H2,1H3/q+1. The van der Waals surface area contributed by atoms with Crippen LogP contribution in [0.3, 0.4) is 0 Å². The molecule has 1 atom stereocenters. The molecule has 0 amide bonds. The fourth-order valence-corrected chi connectivity index (χ4v) is 6.91. The molecule has 5 rings (SSSR count). The topological polar surface area (TPSA) is 26.3 Å². The van der Waals surface area contributed by atoms with Gasteiger partial charge >= 0.3 is 5.97 Å². The van der Waals surface area contributed by atoms with Crippen LogP contribution in [0.1, 0.15) is 49.4 Å². The number of carbonyl (C=O) groups is 1. The van der Waals surface area contributed by atoms with E-state index in [0.717, 1.165) is 31.1 Å². The summed E-state index contributed by atoms with van der Waals surface area (Å²) in [5.41, 5.74) is 0.337. The van der Waals surface area contributed by atoms with Crippen molar-refractivity contribution in [2.75, 3.05) is 0 Å². The number of carbonyl (C=O) groups excluding carboxylic acids is 1. The molecular weight excluding hydrogens is 376 g/mol. The summed E-state index contributed by atoms with van der Waals surface area (Å²) in [6.07, 6.45) is 5.45. The van der Waals surface area contributed by atoms with E-state index in [2.05, 4.69) is 67.6 Å². The van der Waals surface area contributed by atoms with Gasteiger partial charge in [-0.2, -0.15) is 0 Å². The van der Waals surface area contributed by atoms with Crippen LogP contribution in [0.25, 0.3) is 25.1 Å². The molecular formula is C26H25O2S+. The van der Waals surface area contributed by atoms with Gasteiger partial charge in [0.25, 0.3) is 0 Å². The summed E-state index contributed by atoms with van der Waals surface area (Å²) in [4.78, 5) is 14.3. The maximum atomic E-state index is 13.0. The van der Waals surface area contributed by atoms with Crippen molar-refractivity contribution in [2.24, 2.45) is 0 Å². The Morgan fingerprint density at radius 2 is 1.52 bits per heavy atom. The van der Waals surface area contributed by atoms with Crippen LogP contribution in [-0.4, -0.2) is 11.6 Å². The van der Waals surface area contributed by atoms with E-state index in [9.17, 15) is 4.79 Å². The molecule has 146 valence electrons. The number of fused-ring (bicyclic) bond motifs is 3. The molecule has 1 saturated carbocycles. The average molecular weight is 402 g/mol. The van der Waals surface area contributed by atoms with Crippen molar-refractivity contribution in [3.8, 4) is 4.90 Å². The average Bonchev–Trinajstić information content (AvgIpc) is 3.08. The summed E-state index contributed by atoms with van der Waals surface area (Å²) in [6, 6.07) is 25.3. The van der Waals surface area contributed by atoms with Crippen molar-refractivity contribution in [3.05, 3.63) is 78.4 Å². The molecule has 0 N–H and O–H groups in total. The Morgan fingerprint density at radius 1 is 0.828 bits per heavy atom. The second-order valence-electron chi connectivity index (χ2n) is 8.23. The molecule has 0 radical (unpaired) electrons. The third-order valence-corrected chi connectivity index (χ3v) is 8.40. The predicted molar refractivity (Wildman–Crippen MR) is 122 cm³/mol. The smallest absolute Gasteiger partial charge is 0.338 e. The van der Waals surface area contributed by atoms with E-state index in [1.807, 2.05) is 12.1 Å². The number of thiophene rings is 1. The van der Waals surface area contributed by atoms with Crippen LogP contribution in [0, 0.1) is 0 Å². The Hall–Kier alpha value is -2.65. The van der Waals surface area contributed by atoms with Crippen LogP contribution in [0.4, 0.5) is 0 Å². The van der Waals surface area contributed by atoms with E-state index in [1.165, 1.54) is 26.1 Å². The molecule has 3 heteroatoms. The Morgan fingerprint density at radius 3 is 2.31 bits per heavy atom. The summed E-state index contributed by atoms with van der Waals surface area (Å²) < 4.78 is 8.61. The molecule has 0 saturated heterocycles. The number of benzene rings is 3. The van der Waals surface area contributed by atoms with Crippen molar-refractivity contribution >= 4 is 36.6 Å². The molecule has 1 aliphatic rings. The normalized spacial score (nSPS) is 16.8. The van der Waals surface area contributed by atoms with E-state index in [0.29, 0.717) is 5.56 Å². The van der Waals surface area contributed by atoms with Gasteiger partial charge in [-0.05, 0) is 75.1 Å². The Balaban J connectivity index is 1.61. The molecule has 0 aliphatic heterocycles. The first-order chi connectivity index (χ1) is 14.1. The van der Waals surface area contributed by atoms with Crippen LogP contribution in [0.15, 0.2) is 72.8 Å². The van der Waals surface area contributed by atoms with Crippen molar-refractivity contribution in [1.82, 2.24) is 0 Å². The first-order valence-electron chi connectivity index (χ1n) is 10.4. The van der Waals surface area contributed by atoms with Gasteiger partial charge in [0.2, 0.25) is 0 Å². The third kappa shape index (κ3) is 3.34. The van der Waals surface area contributed by atoms with Gasteiger partial charge in [-0.1, -0.05) is 36.8 Å². The minimum Gasteiger partial charge on any atom is -0.456 e. The van der Waals surface area contributed by atoms with E-state index in [4.69, 9.17) is 4.74 Å². The number of rotatable bonds is 3. The minimum absolute atomic E-state index is 0.129. The quantitative estimate of drug-likeness (QED) is 0.261. The van der Waals surface area contributed by atoms with Gasteiger partial charge in [0.05, 0.1) is 5.56 Å². The zero-order valence-electron chi connectivity index (χ0n) is 16.7. The van der Waals surface area contributed by atoms with E-state index in [1.54, 1.807) is 0 Å². The maximum Gasteiger partial charge on any atom is 0.338 e. The monoisotopic (exact) mass is 401 g/mol. The van der Waals surface area contributed by atoms with Crippen molar-refractivity contribution < 1.29 is 9.53 Å². The zero-order chi connectivity index (χ0) is 19.8. The van der Waals surface area contributed by atoms with Gasteiger partial charge in [-0.25, -0.2) is 4.79 Å². The minimum atomic E-state index is -0.319. The predicted octanol–water partition coefficient (Wildman–Crippen LogP) is 7.61. The van der Waals surface area contributed by atoms with Crippen LogP contribution in [-0.2, 0) is 4.74 Å². The highest BCUT2D eigenvalue weighted by atomic mass is 32.2. The lowest BCUT2D eigenvalue weighted by Gasteiger charge is -2.33. The molecule has 1 heterocycles. The molecule has 0 bridgehead atoms. The summed E-state index contributed by atoms with van der Waals surface area (Å²) in [5, 5.41) is 2.39. The largest absolute Gasteiger partial charge is 0.456 e. The summed E-state index contributed by atoms with van der Waals surface area (Å²) >= 11 is 0. The van der Waals surface area contributed by atoms with Gasteiger partial charge in [-0.3, -0.25) is 0 Å². The highest BCUT2D eigenvalue weighted by Crippen LogP contribution is 2.48. The lowest BCUT2D eigenvalue weighted by Crippen LogP contribution is -2.33. The summed E-state index contributed by atoms with van der Waals surface area (Å²) in [7, 11) is -0.129. The number of esters is 1. The molecule has 3 aromatic carbocycles. The summed E-state index contributed by atoms with van der Waals surface area (Å²) in [6.45, 7) is 2.08. The highest BCUT2D eigenvalue weighted by molar-refractivity contribution is 7.50. The summed E-state index contributed by atoms with van der Waals surface area (Å²) in [5.74, 6) is -0.193. The Bertz CT molecular complexity index is 1180. The third-order valence-electron chi connectivity index (χ3n) is 6.06. The fraction of sp³-hybridized carbons (Fsp3) is 0.269. The molecule has 1 aromatic heterocycles. The van der Waals surface area contributed by atoms with Gasteiger partial charge in [0.15, 0.2) is 14.3 Å². The molecule has 1 unspecified atom stereocenters. The van der Waals surface area contributed by atoms with Crippen LogP contribution < -0.4 is 0 Å². The molecule has 2 nitrogen and oxygen atoms in total. The number of hydrogen-bond acceptors (Lipinski definition) is 2.